The number of hydrogen-bond donors (Lipinski definition) is 1. The summed E-state index contributed by atoms with van der Waals surface area (Å²) < 4.78 is 9.31. The fourth-order valence-electron chi connectivity index (χ4n) is 1.45. The highest BCUT2D eigenvalue weighted by molar-refractivity contribution is 6.38. The molecule has 0 aliphatic carbocycles. The van der Waals surface area contributed by atoms with Crippen LogP contribution in [0, 0.1) is 11.3 Å². The summed E-state index contributed by atoms with van der Waals surface area (Å²) in [6, 6.07) is 4.48. The number of carbonyl (C=O) groups excluding carboxylic acids is 2. The Kier molecular flexibility index (Phi) is 6.70. The molecular formula is C14H12Cl2N2O4. The largest absolute Gasteiger partial charge is 0.465 e. The summed E-state index contributed by atoms with van der Waals surface area (Å²) in [5.74, 6) is -1.44. The van der Waals surface area contributed by atoms with Gasteiger partial charge >= 0.3 is 11.9 Å². The van der Waals surface area contributed by atoms with Gasteiger partial charge in [-0.3, -0.25) is 0 Å². The maximum absolute atomic E-state index is 11.6. The van der Waals surface area contributed by atoms with E-state index in [1.807, 2.05) is 0 Å². The summed E-state index contributed by atoms with van der Waals surface area (Å²) in [5.41, 5.74) is 0.0475. The number of rotatable bonds is 5. The highest BCUT2D eigenvalue weighted by Gasteiger charge is 2.16. The third kappa shape index (κ3) is 4.38. The second-order valence-corrected chi connectivity index (χ2v) is 4.66. The Balaban J connectivity index is 3.13. The Hall–Kier alpha value is -2.23. The first-order chi connectivity index (χ1) is 10.4. The van der Waals surface area contributed by atoms with Gasteiger partial charge in [-0.25, -0.2) is 9.59 Å². The lowest BCUT2D eigenvalue weighted by molar-refractivity contribution is -0.138. The van der Waals surface area contributed by atoms with Crippen molar-refractivity contribution in [1.29, 1.82) is 5.26 Å². The maximum Gasteiger partial charge on any atom is 0.350 e. The molecule has 0 amide bonds. The predicted molar refractivity (Wildman–Crippen MR) is 81.8 cm³/mol. The first-order valence-corrected chi connectivity index (χ1v) is 6.81. The van der Waals surface area contributed by atoms with Gasteiger partial charge in [-0.05, 0) is 19.1 Å². The molecule has 0 fully saturated rings. The Morgan fingerprint density at radius 3 is 2.64 bits per heavy atom. The third-order valence-electron chi connectivity index (χ3n) is 2.43. The van der Waals surface area contributed by atoms with Gasteiger partial charge in [0.25, 0.3) is 0 Å². The van der Waals surface area contributed by atoms with Crippen LogP contribution in [0.5, 0.6) is 0 Å². The molecule has 0 aromatic heterocycles. The summed E-state index contributed by atoms with van der Waals surface area (Å²) >= 11 is 12.0. The number of carbonyl (C=O) groups is 2. The number of ether oxygens (including phenoxy) is 2. The van der Waals surface area contributed by atoms with Crippen LogP contribution in [0.3, 0.4) is 0 Å². The van der Waals surface area contributed by atoms with E-state index in [-0.39, 0.29) is 33.5 Å². The van der Waals surface area contributed by atoms with Crippen LogP contribution in [0.25, 0.3) is 0 Å². The first kappa shape index (κ1) is 17.8. The van der Waals surface area contributed by atoms with Gasteiger partial charge in [0.2, 0.25) is 0 Å². The number of methoxy groups -OCH3 is 1. The number of nitrogens with one attached hydrogen (secondary N) is 1. The number of hydrogen-bond acceptors (Lipinski definition) is 6. The molecule has 0 spiro atoms. The van der Waals surface area contributed by atoms with Crippen molar-refractivity contribution in [1.82, 2.24) is 0 Å². The predicted octanol–water partition coefficient (Wildman–Crippen LogP) is 3.16. The standard InChI is InChI=1S/C14H12Cl2N2O4/c1-3-22-13(19)8(6-17)7-18-11-5-9(15)4-10(12(11)16)14(20)21-2/h4-5,7,18H,3H2,1-2H3. The van der Waals surface area contributed by atoms with Crippen molar-refractivity contribution in [2.45, 2.75) is 6.92 Å². The molecule has 1 aromatic carbocycles. The van der Waals surface area contributed by atoms with Crippen LogP contribution in [0.1, 0.15) is 17.3 Å². The van der Waals surface area contributed by atoms with Crippen molar-refractivity contribution >= 4 is 40.8 Å². The Bertz CT molecular complexity index is 666. The van der Waals surface area contributed by atoms with Crippen molar-refractivity contribution in [3.05, 3.63) is 39.5 Å². The molecule has 0 unspecified atom stereocenters. The zero-order valence-corrected chi connectivity index (χ0v) is 13.3. The minimum absolute atomic E-state index is 0.0497. The van der Waals surface area contributed by atoms with Crippen molar-refractivity contribution in [3.63, 3.8) is 0 Å². The summed E-state index contributed by atoms with van der Waals surface area (Å²) in [4.78, 5) is 23.1. The summed E-state index contributed by atoms with van der Waals surface area (Å²) in [6.07, 6.45) is 1.12. The number of esters is 2. The van der Waals surface area contributed by atoms with Gasteiger partial charge in [-0.2, -0.15) is 5.26 Å². The fourth-order valence-corrected chi connectivity index (χ4v) is 1.91. The van der Waals surface area contributed by atoms with E-state index in [0.717, 1.165) is 6.20 Å². The molecule has 116 valence electrons. The van der Waals surface area contributed by atoms with Crippen LogP contribution in [-0.4, -0.2) is 25.7 Å². The molecule has 6 nitrogen and oxygen atoms in total. The normalized spacial score (nSPS) is 10.6. The summed E-state index contributed by atoms with van der Waals surface area (Å²) in [6.45, 7) is 1.76. The first-order valence-electron chi connectivity index (χ1n) is 6.05. The molecule has 0 saturated carbocycles. The molecule has 1 aromatic rings. The molecule has 8 heteroatoms. The molecule has 1 N–H and O–H groups in total. The van der Waals surface area contributed by atoms with Crippen molar-refractivity contribution in [2.75, 3.05) is 19.0 Å². The van der Waals surface area contributed by atoms with Crippen LogP contribution in [0.15, 0.2) is 23.9 Å². The second-order valence-electron chi connectivity index (χ2n) is 3.84. The third-order valence-corrected chi connectivity index (χ3v) is 3.06. The van der Waals surface area contributed by atoms with Gasteiger partial charge in [0.05, 0.1) is 30.0 Å². The number of benzene rings is 1. The van der Waals surface area contributed by atoms with E-state index in [1.165, 1.54) is 19.2 Å². The van der Waals surface area contributed by atoms with Crippen LogP contribution in [-0.2, 0) is 14.3 Å². The van der Waals surface area contributed by atoms with E-state index in [9.17, 15) is 9.59 Å². The van der Waals surface area contributed by atoms with Crippen LogP contribution < -0.4 is 5.32 Å². The van der Waals surface area contributed by atoms with Gasteiger partial charge in [-0.1, -0.05) is 23.2 Å². The quantitative estimate of drug-likeness (QED) is 0.502. The Morgan fingerprint density at radius 2 is 2.09 bits per heavy atom. The lowest BCUT2D eigenvalue weighted by atomic mass is 10.2. The number of nitrogens with zero attached hydrogens (tertiary/aromatic N) is 1. The van der Waals surface area contributed by atoms with E-state index in [0.29, 0.717) is 0 Å². The smallest absolute Gasteiger partial charge is 0.350 e. The average Bonchev–Trinajstić information content (AvgIpc) is 2.50. The Labute approximate surface area is 137 Å². The Morgan fingerprint density at radius 1 is 1.41 bits per heavy atom. The van der Waals surface area contributed by atoms with Gasteiger partial charge in [0.1, 0.15) is 6.07 Å². The summed E-state index contributed by atoms with van der Waals surface area (Å²) in [5, 5.41) is 11.8. The fraction of sp³-hybridized carbons (Fsp3) is 0.214. The molecule has 0 aliphatic rings. The topological polar surface area (TPSA) is 88.4 Å². The SMILES string of the molecule is CCOC(=O)C(C#N)=CNc1cc(Cl)cc(C(=O)OC)c1Cl. The zero-order chi connectivity index (χ0) is 16.7. The number of halogens is 2. The van der Waals surface area contributed by atoms with Crippen molar-refractivity contribution < 1.29 is 19.1 Å². The second kappa shape index (κ2) is 8.27. The van der Waals surface area contributed by atoms with Crippen LogP contribution >= 0.6 is 23.2 Å². The molecule has 1 rings (SSSR count). The molecule has 0 heterocycles. The maximum atomic E-state index is 11.6. The molecule has 0 aliphatic heterocycles. The molecule has 0 atom stereocenters. The molecule has 22 heavy (non-hydrogen) atoms. The van der Waals surface area contributed by atoms with Crippen molar-refractivity contribution in [2.24, 2.45) is 0 Å². The zero-order valence-electron chi connectivity index (χ0n) is 11.8. The van der Waals surface area contributed by atoms with Crippen LogP contribution in [0.4, 0.5) is 5.69 Å². The minimum atomic E-state index is -0.774. The number of nitriles is 1. The summed E-state index contributed by atoms with van der Waals surface area (Å²) in [7, 11) is 1.21. The molecule has 0 radical (unpaired) electrons. The van der Waals surface area contributed by atoms with Gasteiger partial charge in [-0.15, -0.1) is 0 Å². The highest BCUT2D eigenvalue weighted by atomic mass is 35.5. The molecular weight excluding hydrogens is 331 g/mol. The van der Waals surface area contributed by atoms with Gasteiger partial charge in [0, 0.05) is 11.2 Å². The lowest BCUT2D eigenvalue weighted by Crippen LogP contribution is -2.08. The highest BCUT2D eigenvalue weighted by Crippen LogP contribution is 2.30. The number of anilines is 1. The van der Waals surface area contributed by atoms with E-state index in [2.05, 4.69) is 10.1 Å². The van der Waals surface area contributed by atoms with Gasteiger partial charge < -0.3 is 14.8 Å². The molecule has 0 bridgehead atoms. The monoisotopic (exact) mass is 342 g/mol. The average molecular weight is 343 g/mol. The van der Waals surface area contributed by atoms with E-state index in [4.69, 9.17) is 33.2 Å². The lowest BCUT2D eigenvalue weighted by Gasteiger charge is -2.09. The van der Waals surface area contributed by atoms with E-state index in [1.54, 1.807) is 13.0 Å². The van der Waals surface area contributed by atoms with Gasteiger partial charge in [0.15, 0.2) is 5.57 Å². The van der Waals surface area contributed by atoms with E-state index < -0.39 is 11.9 Å². The van der Waals surface area contributed by atoms with E-state index >= 15 is 0 Å². The minimum Gasteiger partial charge on any atom is -0.465 e. The van der Waals surface area contributed by atoms with Crippen molar-refractivity contribution in [3.8, 4) is 6.07 Å². The van der Waals surface area contributed by atoms with Crippen LogP contribution in [0.2, 0.25) is 10.0 Å². The molecule has 0 saturated heterocycles.